The van der Waals surface area contributed by atoms with E-state index in [0.29, 0.717) is 0 Å². The third kappa shape index (κ3) is 2.17. The van der Waals surface area contributed by atoms with Crippen molar-refractivity contribution in [2.75, 3.05) is 18.6 Å². The fourth-order valence-electron chi connectivity index (χ4n) is 1.45. The SMILES string of the molecule is COC(=O)c1ncn(-c2c(N)cc(N)c(Cl)c2F)n1. The van der Waals surface area contributed by atoms with E-state index in [9.17, 15) is 9.18 Å². The van der Waals surface area contributed by atoms with Gasteiger partial charge in [-0.25, -0.2) is 18.9 Å². The first-order chi connectivity index (χ1) is 8.95. The Balaban J connectivity index is 2.57. The van der Waals surface area contributed by atoms with E-state index >= 15 is 0 Å². The van der Waals surface area contributed by atoms with E-state index in [1.165, 1.54) is 13.2 Å². The maximum Gasteiger partial charge on any atom is 0.377 e. The van der Waals surface area contributed by atoms with Gasteiger partial charge in [0.25, 0.3) is 5.82 Å². The van der Waals surface area contributed by atoms with Crippen LogP contribution in [0, 0.1) is 5.82 Å². The van der Waals surface area contributed by atoms with E-state index in [-0.39, 0.29) is 27.9 Å². The molecule has 0 saturated carbocycles. The predicted octanol–water partition coefficient (Wildman–Crippen LogP) is 1.01. The van der Waals surface area contributed by atoms with Gasteiger partial charge in [-0.1, -0.05) is 11.6 Å². The van der Waals surface area contributed by atoms with Crippen LogP contribution in [0.4, 0.5) is 15.8 Å². The van der Waals surface area contributed by atoms with Crippen molar-refractivity contribution in [1.29, 1.82) is 0 Å². The number of hydrogen-bond donors (Lipinski definition) is 2. The molecule has 0 aliphatic heterocycles. The Morgan fingerprint density at radius 1 is 1.47 bits per heavy atom. The lowest BCUT2D eigenvalue weighted by Gasteiger charge is -2.09. The number of carbonyl (C=O) groups excluding carboxylic acids is 1. The van der Waals surface area contributed by atoms with Crippen molar-refractivity contribution in [3.8, 4) is 5.69 Å². The van der Waals surface area contributed by atoms with Gasteiger partial charge in [0.05, 0.1) is 18.5 Å². The minimum absolute atomic E-state index is 0.00808. The number of halogens is 2. The van der Waals surface area contributed by atoms with Crippen molar-refractivity contribution < 1.29 is 13.9 Å². The number of nitrogens with two attached hydrogens (primary N) is 2. The van der Waals surface area contributed by atoms with Crippen LogP contribution in [0.5, 0.6) is 0 Å². The molecule has 0 spiro atoms. The van der Waals surface area contributed by atoms with Crippen molar-refractivity contribution in [1.82, 2.24) is 14.8 Å². The van der Waals surface area contributed by atoms with Crippen molar-refractivity contribution in [3.05, 3.63) is 29.1 Å². The first-order valence-electron chi connectivity index (χ1n) is 4.99. The summed E-state index contributed by atoms with van der Waals surface area (Å²) in [6.45, 7) is 0. The number of benzene rings is 1. The highest BCUT2D eigenvalue weighted by Gasteiger charge is 2.19. The van der Waals surface area contributed by atoms with Crippen LogP contribution in [0.2, 0.25) is 5.02 Å². The quantitative estimate of drug-likeness (QED) is 0.629. The van der Waals surface area contributed by atoms with Crippen molar-refractivity contribution in [3.63, 3.8) is 0 Å². The molecule has 1 heterocycles. The lowest BCUT2D eigenvalue weighted by molar-refractivity contribution is 0.0587. The lowest BCUT2D eigenvalue weighted by Crippen LogP contribution is -2.08. The molecule has 0 radical (unpaired) electrons. The first-order valence-corrected chi connectivity index (χ1v) is 5.36. The topological polar surface area (TPSA) is 109 Å². The fraction of sp³-hybridized carbons (Fsp3) is 0.100. The second kappa shape index (κ2) is 4.73. The van der Waals surface area contributed by atoms with Crippen molar-refractivity contribution in [2.24, 2.45) is 0 Å². The molecule has 0 aliphatic carbocycles. The Kier molecular flexibility index (Phi) is 3.26. The summed E-state index contributed by atoms with van der Waals surface area (Å²) in [5.74, 6) is -1.82. The fourth-order valence-corrected chi connectivity index (χ4v) is 1.59. The molecule has 19 heavy (non-hydrogen) atoms. The highest BCUT2D eigenvalue weighted by molar-refractivity contribution is 6.33. The summed E-state index contributed by atoms with van der Waals surface area (Å²) in [6, 6.07) is 1.29. The zero-order valence-corrected chi connectivity index (χ0v) is 10.5. The van der Waals surface area contributed by atoms with E-state index in [2.05, 4.69) is 14.8 Å². The van der Waals surface area contributed by atoms with Gasteiger partial charge in [0, 0.05) is 0 Å². The normalized spacial score (nSPS) is 10.5. The van der Waals surface area contributed by atoms with Crippen LogP contribution in [-0.2, 0) is 4.74 Å². The molecule has 0 atom stereocenters. The number of aromatic nitrogens is 3. The summed E-state index contributed by atoms with van der Waals surface area (Å²) in [6.07, 6.45) is 1.12. The minimum Gasteiger partial charge on any atom is -0.463 e. The molecule has 1 aromatic carbocycles. The van der Waals surface area contributed by atoms with Gasteiger partial charge in [0.1, 0.15) is 17.0 Å². The number of nitrogens with zero attached hydrogens (tertiary/aromatic N) is 3. The van der Waals surface area contributed by atoms with Gasteiger partial charge in [-0.2, -0.15) is 0 Å². The van der Waals surface area contributed by atoms with Crippen molar-refractivity contribution >= 4 is 28.9 Å². The number of esters is 1. The summed E-state index contributed by atoms with van der Waals surface area (Å²) in [5.41, 5.74) is 11.0. The Bertz CT molecular complexity index is 658. The molecule has 0 aliphatic rings. The Labute approximate surface area is 111 Å². The molecular formula is C10H9ClFN5O2. The maximum absolute atomic E-state index is 14.0. The minimum atomic E-state index is -0.847. The second-order valence-electron chi connectivity index (χ2n) is 3.54. The van der Waals surface area contributed by atoms with E-state index in [0.717, 1.165) is 11.0 Å². The Morgan fingerprint density at radius 3 is 2.79 bits per heavy atom. The zero-order valence-electron chi connectivity index (χ0n) is 9.72. The molecular weight excluding hydrogens is 277 g/mol. The van der Waals surface area contributed by atoms with Crippen LogP contribution < -0.4 is 11.5 Å². The van der Waals surface area contributed by atoms with Crippen molar-refractivity contribution in [2.45, 2.75) is 0 Å². The number of ether oxygens (including phenoxy) is 1. The van der Waals surface area contributed by atoms with Gasteiger partial charge >= 0.3 is 5.97 Å². The number of nitrogen functional groups attached to an aromatic ring is 2. The van der Waals surface area contributed by atoms with Crippen LogP contribution >= 0.6 is 11.6 Å². The van der Waals surface area contributed by atoms with E-state index in [1.54, 1.807) is 0 Å². The average molecular weight is 286 g/mol. The first kappa shape index (κ1) is 13.1. The maximum atomic E-state index is 14.0. The largest absolute Gasteiger partial charge is 0.463 e. The second-order valence-corrected chi connectivity index (χ2v) is 3.91. The predicted molar refractivity (Wildman–Crippen MR) is 66.5 cm³/mol. The molecule has 0 amide bonds. The van der Waals surface area contributed by atoms with Crippen LogP contribution in [0.1, 0.15) is 10.6 Å². The molecule has 1 aromatic heterocycles. The average Bonchev–Trinajstić information content (AvgIpc) is 2.84. The van der Waals surface area contributed by atoms with Gasteiger partial charge < -0.3 is 16.2 Å². The molecule has 0 unspecified atom stereocenters. The monoisotopic (exact) mass is 285 g/mol. The number of hydrogen-bond acceptors (Lipinski definition) is 6. The molecule has 7 nitrogen and oxygen atoms in total. The highest BCUT2D eigenvalue weighted by Crippen LogP contribution is 2.31. The van der Waals surface area contributed by atoms with Crippen LogP contribution in [-0.4, -0.2) is 27.8 Å². The zero-order chi connectivity index (χ0) is 14.2. The van der Waals surface area contributed by atoms with E-state index in [4.69, 9.17) is 23.1 Å². The van der Waals surface area contributed by atoms with Gasteiger partial charge in [0.15, 0.2) is 5.82 Å². The highest BCUT2D eigenvalue weighted by atomic mass is 35.5. The van der Waals surface area contributed by atoms with Crippen LogP contribution in [0.25, 0.3) is 5.69 Å². The number of carbonyl (C=O) groups is 1. The van der Waals surface area contributed by atoms with Crippen LogP contribution in [0.15, 0.2) is 12.4 Å². The molecule has 9 heteroatoms. The third-order valence-corrected chi connectivity index (χ3v) is 2.71. The summed E-state index contributed by atoms with van der Waals surface area (Å²) < 4.78 is 19.4. The lowest BCUT2D eigenvalue weighted by atomic mass is 10.2. The molecule has 2 rings (SSSR count). The number of anilines is 2. The van der Waals surface area contributed by atoms with E-state index in [1.807, 2.05) is 0 Å². The Hall–Kier alpha value is -2.35. The van der Waals surface area contributed by atoms with Gasteiger partial charge in [0.2, 0.25) is 0 Å². The smallest absolute Gasteiger partial charge is 0.377 e. The standard InChI is InChI=1S/C10H9ClFN5O2/c1-19-10(18)9-15-3-17(16-9)8-5(14)2-4(13)6(11)7(8)12/h2-3H,13-14H2,1H3. The molecule has 4 N–H and O–H groups in total. The molecule has 0 saturated heterocycles. The summed E-state index contributed by atoms with van der Waals surface area (Å²) in [7, 11) is 1.18. The van der Waals surface area contributed by atoms with Crippen LogP contribution in [0.3, 0.4) is 0 Å². The molecule has 2 aromatic rings. The Morgan fingerprint density at radius 2 is 2.16 bits per heavy atom. The number of methoxy groups -OCH3 is 1. The van der Waals surface area contributed by atoms with Gasteiger partial charge in [-0.15, -0.1) is 5.10 Å². The molecule has 0 bridgehead atoms. The summed E-state index contributed by atoms with van der Waals surface area (Å²) in [4.78, 5) is 14.9. The molecule has 0 fully saturated rings. The molecule has 100 valence electrons. The van der Waals surface area contributed by atoms with E-state index < -0.39 is 11.8 Å². The van der Waals surface area contributed by atoms with Gasteiger partial charge in [-0.3, -0.25) is 0 Å². The summed E-state index contributed by atoms with van der Waals surface area (Å²) >= 11 is 5.69. The summed E-state index contributed by atoms with van der Waals surface area (Å²) in [5, 5.41) is 3.48. The van der Waals surface area contributed by atoms with Gasteiger partial charge in [-0.05, 0) is 6.07 Å². The third-order valence-electron chi connectivity index (χ3n) is 2.33. The number of rotatable bonds is 2.